The number of hydrogen-bond acceptors (Lipinski definition) is 3. The summed E-state index contributed by atoms with van der Waals surface area (Å²) in [6.07, 6.45) is 5.77. The Morgan fingerprint density at radius 3 is 2.75 bits per heavy atom. The standard InChI is InChI=1S/C17H23ClN2O3S/c1-3-10-19-24(22,23)16-11-13(8-9-14(16)18)17(21)20-15-7-5-4-6-12(15)2/h3,8-9,11-12,15,19H,1,4-7,10H2,2H3,(H,20,21)/t12-,15-/m0/s1. The number of benzene rings is 1. The molecule has 0 heterocycles. The van der Waals surface area contributed by atoms with Crippen LogP contribution in [0.4, 0.5) is 0 Å². The zero-order valence-electron chi connectivity index (χ0n) is 13.7. The third kappa shape index (κ3) is 4.59. The molecule has 1 aromatic carbocycles. The molecule has 1 aliphatic carbocycles. The van der Waals surface area contributed by atoms with Crippen molar-refractivity contribution in [3.63, 3.8) is 0 Å². The van der Waals surface area contributed by atoms with Crippen LogP contribution < -0.4 is 10.0 Å². The van der Waals surface area contributed by atoms with E-state index in [-0.39, 0.29) is 34.0 Å². The molecule has 0 bridgehead atoms. The molecule has 0 saturated heterocycles. The lowest BCUT2D eigenvalue weighted by Gasteiger charge is -2.29. The van der Waals surface area contributed by atoms with E-state index in [2.05, 4.69) is 23.5 Å². The molecule has 1 saturated carbocycles. The fourth-order valence-electron chi connectivity index (χ4n) is 2.88. The van der Waals surface area contributed by atoms with Gasteiger partial charge in [-0.1, -0.05) is 37.4 Å². The van der Waals surface area contributed by atoms with Crippen LogP contribution in [0, 0.1) is 5.92 Å². The second-order valence-electron chi connectivity index (χ2n) is 6.13. The van der Waals surface area contributed by atoms with Crippen molar-refractivity contribution in [2.45, 2.75) is 43.5 Å². The number of rotatable bonds is 6. The fourth-order valence-corrected chi connectivity index (χ4v) is 4.40. The predicted molar refractivity (Wildman–Crippen MR) is 95.7 cm³/mol. The molecule has 1 aliphatic rings. The van der Waals surface area contributed by atoms with E-state index < -0.39 is 10.0 Å². The molecule has 2 N–H and O–H groups in total. The summed E-state index contributed by atoms with van der Waals surface area (Å²) in [6, 6.07) is 4.42. The second-order valence-corrected chi connectivity index (χ2v) is 8.27. The molecule has 0 aliphatic heterocycles. The molecule has 132 valence electrons. The fraction of sp³-hybridized carbons (Fsp3) is 0.471. The summed E-state index contributed by atoms with van der Waals surface area (Å²) in [5.74, 6) is 0.151. The van der Waals surface area contributed by atoms with Crippen molar-refractivity contribution in [1.82, 2.24) is 10.0 Å². The minimum Gasteiger partial charge on any atom is -0.349 e. The first-order valence-corrected chi connectivity index (χ1v) is 9.92. The monoisotopic (exact) mass is 370 g/mol. The molecule has 24 heavy (non-hydrogen) atoms. The van der Waals surface area contributed by atoms with Gasteiger partial charge in [-0.25, -0.2) is 13.1 Å². The second kappa shape index (κ2) is 8.14. The third-order valence-electron chi connectivity index (χ3n) is 4.33. The smallest absolute Gasteiger partial charge is 0.251 e. The van der Waals surface area contributed by atoms with E-state index in [1.54, 1.807) is 0 Å². The normalized spacial score (nSPS) is 21.2. The maximum absolute atomic E-state index is 12.5. The van der Waals surface area contributed by atoms with Crippen LogP contribution in [0.15, 0.2) is 35.7 Å². The lowest BCUT2D eigenvalue weighted by Crippen LogP contribution is -2.41. The highest BCUT2D eigenvalue weighted by molar-refractivity contribution is 7.89. The summed E-state index contributed by atoms with van der Waals surface area (Å²) in [7, 11) is -3.79. The zero-order valence-corrected chi connectivity index (χ0v) is 15.3. The molecule has 0 spiro atoms. The Labute approximate surface area is 148 Å². The predicted octanol–water partition coefficient (Wildman–Crippen LogP) is 3.11. The summed E-state index contributed by atoms with van der Waals surface area (Å²) in [5, 5.41) is 3.09. The van der Waals surface area contributed by atoms with Gasteiger partial charge in [0.25, 0.3) is 5.91 Å². The average molecular weight is 371 g/mol. The van der Waals surface area contributed by atoms with E-state index >= 15 is 0 Å². The van der Waals surface area contributed by atoms with Gasteiger partial charge >= 0.3 is 0 Å². The molecule has 0 radical (unpaired) electrons. The Kier molecular flexibility index (Phi) is 6.43. The first-order chi connectivity index (χ1) is 11.3. The molecule has 1 fully saturated rings. The van der Waals surface area contributed by atoms with E-state index in [0.717, 1.165) is 19.3 Å². The Bertz CT molecular complexity index is 719. The van der Waals surface area contributed by atoms with Crippen molar-refractivity contribution in [3.05, 3.63) is 41.4 Å². The van der Waals surface area contributed by atoms with Gasteiger partial charge in [0.1, 0.15) is 4.90 Å². The van der Waals surface area contributed by atoms with Gasteiger partial charge in [-0.15, -0.1) is 6.58 Å². The number of hydrogen-bond donors (Lipinski definition) is 2. The van der Waals surface area contributed by atoms with Crippen LogP contribution in [-0.4, -0.2) is 26.9 Å². The Balaban J connectivity index is 2.20. The van der Waals surface area contributed by atoms with Gasteiger partial charge in [0.2, 0.25) is 10.0 Å². The van der Waals surface area contributed by atoms with Crippen LogP contribution >= 0.6 is 11.6 Å². The Hall–Kier alpha value is -1.37. The summed E-state index contributed by atoms with van der Waals surface area (Å²) in [6.45, 7) is 5.69. The lowest BCUT2D eigenvalue weighted by molar-refractivity contribution is 0.0910. The van der Waals surface area contributed by atoms with Gasteiger partial charge in [-0.05, 0) is 37.0 Å². The number of halogens is 1. The average Bonchev–Trinajstić information content (AvgIpc) is 2.55. The highest BCUT2D eigenvalue weighted by Crippen LogP contribution is 2.25. The van der Waals surface area contributed by atoms with Gasteiger partial charge in [0, 0.05) is 18.2 Å². The summed E-state index contributed by atoms with van der Waals surface area (Å²) in [4.78, 5) is 12.4. The quantitative estimate of drug-likeness (QED) is 0.755. The van der Waals surface area contributed by atoms with Crippen LogP contribution in [0.25, 0.3) is 0 Å². The highest BCUT2D eigenvalue weighted by atomic mass is 35.5. The summed E-state index contributed by atoms with van der Waals surface area (Å²) in [5.41, 5.74) is 0.288. The van der Waals surface area contributed by atoms with Gasteiger partial charge in [0.15, 0.2) is 0 Å². The lowest BCUT2D eigenvalue weighted by atomic mass is 9.86. The van der Waals surface area contributed by atoms with Gasteiger partial charge in [-0.2, -0.15) is 0 Å². The minimum atomic E-state index is -3.79. The van der Waals surface area contributed by atoms with Crippen LogP contribution in [0.5, 0.6) is 0 Å². The molecule has 2 atom stereocenters. The largest absolute Gasteiger partial charge is 0.349 e. The van der Waals surface area contributed by atoms with Crippen LogP contribution in [0.3, 0.4) is 0 Å². The van der Waals surface area contributed by atoms with E-state index in [1.807, 2.05) is 0 Å². The van der Waals surface area contributed by atoms with Crippen molar-refractivity contribution in [2.24, 2.45) is 5.92 Å². The molecule has 2 rings (SSSR count). The number of carbonyl (C=O) groups is 1. The van der Waals surface area contributed by atoms with Gasteiger partial charge < -0.3 is 5.32 Å². The van der Waals surface area contributed by atoms with Crippen LogP contribution in [-0.2, 0) is 10.0 Å². The highest BCUT2D eigenvalue weighted by Gasteiger charge is 2.24. The van der Waals surface area contributed by atoms with Crippen molar-refractivity contribution >= 4 is 27.5 Å². The first-order valence-electron chi connectivity index (χ1n) is 8.06. The number of carbonyl (C=O) groups excluding carboxylic acids is 1. The van der Waals surface area contributed by atoms with Gasteiger partial charge in [0.05, 0.1) is 5.02 Å². The minimum absolute atomic E-state index is 0.0779. The first kappa shape index (κ1) is 19.0. The topological polar surface area (TPSA) is 75.3 Å². The maximum Gasteiger partial charge on any atom is 0.251 e. The number of nitrogens with one attached hydrogen (secondary N) is 2. The van der Waals surface area contributed by atoms with Crippen molar-refractivity contribution in [3.8, 4) is 0 Å². The molecule has 1 amide bonds. The van der Waals surface area contributed by atoms with Crippen molar-refractivity contribution in [1.29, 1.82) is 0 Å². The van der Waals surface area contributed by atoms with E-state index in [1.165, 1.54) is 30.7 Å². The van der Waals surface area contributed by atoms with Gasteiger partial charge in [-0.3, -0.25) is 4.79 Å². The van der Waals surface area contributed by atoms with E-state index in [4.69, 9.17) is 11.6 Å². The molecule has 5 nitrogen and oxygen atoms in total. The van der Waals surface area contributed by atoms with Crippen LogP contribution in [0.2, 0.25) is 5.02 Å². The Morgan fingerprint density at radius 1 is 1.38 bits per heavy atom. The van der Waals surface area contributed by atoms with Crippen LogP contribution in [0.1, 0.15) is 43.0 Å². The summed E-state index contributed by atoms with van der Waals surface area (Å²) >= 11 is 6.00. The molecule has 7 heteroatoms. The van der Waals surface area contributed by atoms with Crippen molar-refractivity contribution in [2.75, 3.05) is 6.54 Å². The van der Waals surface area contributed by atoms with E-state index in [9.17, 15) is 13.2 Å². The molecule has 0 unspecified atom stereocenters. The number of sulfonamides is 1. The molecule has 0 aromatic heterocycles. The third-order valence-corrected chi connectivity index (χ3v) is 6.23. The van der Waals surface area contributed by atoms with Crippen molar-refractivity contribution < 1.29 is 13.2 Å². The molecular formula is C17H23ClN2O3S. The Morgan fingerprint density at radius 2 is 2.08 bits per heavy atom. The molecule has 1 aromatic rings. The maximum atomic E-state index is 12.5. The zero-order chi connectivity index (χ0) is 17.7. The van der Waals surface area contributed by atoms with E-state index in [0.29, 0.717) is 5.92 Å². The SMILES string of the molecule is C=CCNS(=O)(=O)c1cc(C(=O)N[C@H]2CCCC[C@@H]2C)ccc1Cl. The molecular weight excluding hydrogens is 348 g/mol. The number of amides is 1. The summed E-state index contributed by atoms with van der Waals surface area (Å²) < 4.78 is 26.9.